The molecule has 1 aliphatic rings. The number of benzene rings is 1. The van der Waals surface area contributed by atoms with Crippen molar-refractivity contribution in [2.45, 2.75) is 19.9 Å². The van der Waals surface area contributed by atoms with E-state index in [2.05, 4.69) is 47.7 Å². The second-order valence-corrected chi connectivity index (χ2v) is 5.22. The molecule has 1 aliphatic heterocycles. The van der Waals surface area contributed by atoms with Gasteiger partial charge in [0.2, 0.25) is 0 Å². The molecule has 1 aromatic heterocycles. The Kier molecular flexibility index (Phi) is 3.25. The van der Waals surface area contributed by atoms with E-state index in [0.29, 0.717) is 5.92 Å². The fraction of sp³-hybridized carbons (Fsp3) is 0.400. The minimum Gasteiger partial charge on any atom is -0.396 e. The molecule has 1 unspecified atom stereocenters. The van der Waals surface area contributed by atoms with Gasteiger partial charge in [-0.3, -0.25) is 0 Å². The second kappa shape index (κ2) is 5.05. The van der Waals surface area contributed by atoms with E-state index in [4.69, 9.17) is 5.11 Å². The highest BCUT2D eigenvalue weighted by atomic mass is 16.3. The zero-order valence-corrected chi connectivity index (χ0v) is 11.1. The summed E-state index contributed by atoms with van der Waals surface area (Å²) in [6.45, 7) is 4.13. The van der Waals surface area contributed by atoms with Crippen LogP contribution in [0, 0.1) is 12.8 Å². The van der Waals surface area contributed by atoms with E-state index in [1.807, 2.05) is 4.68 Å². The Bertz CT molecular complexity index is 559. The van der Waals surface area contributed by atoms with Gasteiger partial charge in [-0.2, -0.15) is 5.10 Å². The monoisotopic (exact) mass is 257 g/mol. The quantitative estimate of drug-likeness (QED) is 0.887. The average molecular weight is 257 g/mol. The smallest absolute Gasteiger partial charge is 0.124 e. The summed E-state index contributed by atoms with van der Waals surface area (Å²) in [7, 11) is 0. The van der Waals surface area contributed by atoms with E-state index in [1.165, 1.54) is 5.56 Å². The Morgan fingerprint density at radius 2 is 2.16 bits per heavy atom. The Morgan fingerprint density at radius 1 is 1.37 bits per heavy atom. The van der Waals surface area contributed by atoms with Crippen LogP contribution in [-0.4, -0.2) is 28.0 Å². The first-order valence-corrected chi connectivity index (χ1v) is 6.76. The second-order valence-electron chi connectivity index (χ2n) is 5.22. The number of fused-ring (bicyclic) bond motifs is 1. The van der Waals surface area contributed by atoms with Crippen LogP contribution in [0.1, 0.15) is 12.0 Å². The SMILES string of the molecule is Cc1ccc(-c2cc3n(n2)CC(CCO)CN3)cc1. The van der Waals surface area contributed by atoms with Crippen LogP contribution >= 0.6 is 0 Å². The Hall–Kier alpha value is -1.81. The molecule has 19 heavy (non-hydrogen) atoms. The Balaban J connectivity index is 1.85. The number of anilines is 1. The maximum absolute atomic E-state index is 9.02. The van der Waals surface area contributed by atoms with Gasteiger partial charge >= 0.3 is 0 Å². The number of rotatable bonds is 3. The first-order chi connectivity index (χ1) is 9.26. The first kappa shape index (κ1) is 12.2. The number of hydrogen-bond acceptors (Lipinski definition) is 3. The molecule has 0 saturated heterocycles. The maximum Gasteiger partial charge on any atom is 0.124 e. The molecule has 1 atom stereocenters. The van der Waals surface area contributed by atoms with Crippen molar-refractivity contribution in [3.05, 3.63) is 35.9 Å². The standard InChI is InChI=1S/C15H19N3O/c1-11-2-4-13(5-3-11)14-8-15-16-9-12(6-7-19)10-18(15)17-14/h2-5,8,12,16,19H,6-7,9-10H2,1H3. The van der Waals surface area contributed by atoms with Crippen molar-refractivity contribution in [3.63, 3.8) is 0 Å². The molecule has 0 fully saturated rings. The Morgan fingerprint density at radius 3 is 2.89 bits per heavy atom. The molecule has 1 aromatic carbocycles. The molecule has 4 heteroatoms. The van der Waals surface area contributed by atoms with E-state index < -0.39 is 0 Å². The van der Waals surface area contributed by atoms with Crippen molar-refractivity contribution < 1.29 is 5.11 Å². The molecule has 4 nitrogen and oxygen atoms in total. The predicted molar refractivity (Wildman–Crippen MR) is 76.1 cm³/mol. The molecule has 0 aliphatic carbocycles. The molecule has 2 N–H and O–H groups in total. The van der Waals surface area contributed by atoms with Gasteiger partial charge in [-0.15, -0.1) is 0 Å². The third-order valence-electron chi connectivity index (χ3n) is 3.67. The average Bonchev–Trinajstić information content (AvgIpc) is 2.83. The lowest BCUT2D eigenvalue weighted by molar-refractivity contribution is 0.244. The fourth-order valence-electron chi connectivity index (χ4n) is 2.50. The van der Waals surface area contributed by atoms with Gasteiger partial charge in [0, 0.05) is 31.3 Å². The summed E-state index contributed by atoms with van der Waals surface area (Å²) in [5, 5.41) is 17.1. The minimum atomic E-state index is 0.244. The summed E-state index contributed by atoms with van der Waals surface area (Å²) in [6, 6.07) is 10.5. The lowest BCUT2D eigenvalue weighted by Crippen LogP contribution is -2.28. The van der Waals surface area contributed by atoms with Crippen LogP contribution in [-0.2, 0) is 6.54 Å². The van der Waals surface area contributed by atoms with Crippen molar-refractivity contribution in [1.29, 1.82) is 0 Å². The van der Waals surface area contributed by atoms with Gasteiger partial charge in [0.25, 0.3) is 0 Å². The van der Waals surface area contributed by atoms with E-state index in [0.717, 1.165) is 36.6 Å². The van der Waals surface area contributed by atoms with Crippen LogP contribution in [0.2, 0.25) is 0 Å². The lowest BCUT2D eigenvalue weighted by atomic mass is 10.1. The summed E-state index contributed by atoms with van der Waals surface area (Å²) >= 11 is 0. The van der Waals surface area contributed by atoms with Crippen LogP contribution in [0.5, 0.6) is 0 Å². The molecule has 0 bridgehead atoms. The number of aromatic nitrogens is 2. The fourth-order valence-corrected chi connectivity index (χ4v) is 2.50. The number of aliphatic hydroxyl groups is 1. The molecular formula is C15H19N3O. The maximum atomic E-state index is 9.02. The summed E-state index contributed by atoms with van der Waals surface area (Å²) in [5.74, 6) is 1.54. The van der Waals surface area contributed by atoms with Gasteiger partial charge < -0.3 is 10.4 Å². The number of nitrogens with one attached hydrogen (secondary N) is 1. The highest BCUT2D eigenvalue weighted by molar-refractivity contribution is 5.63. The van der Waals surface area contributed by atoms with E-state index in [9.17, 15) is 0 Å². The van der Waals surface area contributed by atoms with Gasteiger partial charge in [0.05, 0.1) is 5.69 Å². The van der Waals surface area contributed by atoms with Crippen molar-refractivity contribution in [1.82, 2.24) is 9.78 Å². The van der Waals surface area contributed by atoms with Crippen LogP contribution in [0.25, 0.3) is 11.3 Å². The van der Waals surface area contributed by atoms with Crippen LogP contribution in [0.15, 0.2) is 30.3 Å². The molecule has 3 rings (SSSR count). The normalized spacial score (nSPS) is 17.9. The zero-order chi connectivity index (χ0) is 13.2. The topological polar surface area (TPSA) is 50.1 Å². The first-order valence-electron chi connectivity index (χ1n) is 6.76. The zero-order valence-electron chi connectivity index (χ0n) is 11.1. The van der Waals surface area contributed by atoms with E-state index in [-0.39, 0.29) is 6.61 Å². The highest BCUT2D eigenvalue weighted by Gasteiger charge is 2.19. The Labute approximate surface area is 113 Å². The van der Waals surface area contributed by atoms with Crippen molar-refractivity contribution in [2.75, 3.05) is 18.5 Å². The van der Waals surface area contributed by atoms with Crippen molar-refractivity contribution in [3.8, 4) is 11.3 Å². The molecule has 0 radical (unpaired) electrons. The van der Waals surface area contributed by atoms with Crippen LogP contribution in [0.4, 0.5) is 5.82 Å². The van der Waals surface area contributed by atoms with Crippen molar-refractivity contribution in [2.24, 2.45) is 5.92 Å². The number of aryl methyl sites for hydroxylation is 1. The van der Waals surface area contributed by atoms with E-state index >= 15 is 0 Å². The third kappa shape index (κ3) is 2.49. The van der Waals surface area contributed by atoms with Gasteiger partial charge in [-0.1, -0.05) is 29.8 Å². The van der Waals surface area contributed by atoms with Crippen molar-refractivity contribution >= 4 is 5.82 Å². The molecule has 0 saturated carbocycles. The number of hydrogen-bond donors (Lipinski definition) is 2. The number of nitrogens with zero attached hydrogens (tertiary/aromatic N) is 2. The summed E-state index contributed by atoms with van der Waals surface area (Å²) < 4.78 is 2.01. The van der Waals surface area contributed by atoms with Gasteiger partial charge in [-0.25, -0.2) is 4.68 Å². The van der Waals surface area contributed by atoms with E-state index in [1.54, 1.807) is 0 Å². The molecule has 0 amide bonds. The molecule has 2 aromatic rings. The molecule has 0 spiro atoms. The van der Waals surface area contributed by atoms with Gasteiger partial charge in [0.1, 0.15) is 5.82 Å². The summed E-state index contributed by atoms with van der Waals surface area (Å²) in [5.41, 5.74) is 3.41. The number of aliphatic hydroxyl groups excluding tert-OH is 1. The lowest BCUT2D eigenvalue weighted by Gasteiger charge is -2.23. The summed E-state index contributed by atoms with van der Waals surface area (Å²) in [4.78, 5) is 0. The third-order valence-corrected chi connectivity index (χ3v) is 3.67. The van der Waals surface area contributed by atoms with Crippen LogP contribution < -0.4 is 5.32 Å². The van der Waals surface area contributed by atoms with Crippen LogP contribution in [0.3, 0.4) is 0 Å². The summed E-state index contributed by atoms with van der Waals surface area (Å²) in [6.07, 6.45) is 0.826. The minimum absolute atomic E-state index is 0.244. The molecule has 100 valence electrons. The largest absolute Gasteiger partial charge is 0.396 e. The molecule has 2 heterocycles. The van der Waals surface area contributed by atoms with Gasteiger partial charge in [0.15, 0.2) is 0 Å². The highest BCUT2D eigenvalue weighted by Crippen LogP contribution is 2.26. The predicted octanol–water partition coefficient (Wildman–Crippen LogP) is 2.28. The van der Waals surface area contributed by atoms with Gasteiger partial charge in [-0.05, 0) is 19.3 Å². The molecular weight excluding hydrogens is 238 g/mol.